The van der Waals surface area contributed by atoms with E-state index in [4.69, 9.17) is 9.57 Å². The summed E-state index contributed by atoms with van der Waals surface area (Å²) < 4.78 is 71.1. The Morgan fingerprint density at radius 1 is 1.16 bits per heavy atom. The van der Waals surface area contributed by atoms with Crippen LogP contribution in [-0.2, 0) is 21.0 Å². The minimum absolute atomic E-state index is 0.00873. The summed E-state index contributed by atoms with van der Waals surface area (Å²) in [5.74, 6) is -0.608. The van der Waals surface area contributed by atoms with Crippen LogP contribution in [0.15, 0.2) is 23.2 Å². The number of hydrogen-bond acceptors (Lipinski definition) is 7. The van der Waals surface area contributed by atoms with Crippen molar-refractivity contribution in [1.29, 1.82) is 5.26 Å². The van der Waals surface area contributed by atoms with Gasteiger partial charge in [-0.1, -0.05) is 25.7 Å². The predicted molar refractivity (Wildman–Crippen MR) is 107 cm³/mol. The number of halogens is 3. The normalized spacial score (nSPS) is 13.1. The highest BCUT2D eigenvalue weighted by molar-refractivity contribution is 7.89. The van der Waals surface area contributed by atoms with Gasteiger partial charge in [-0.15, -0.1) is 0 Å². The number of nitriles is 1. The molecule has 0 fully saturated rings. The van der Waals surface area contributed by atoms with Gasteiger partial charge in [0.1, 0.15) is 16.5 Å². The van der Waals surface area contributed by atoms with Crippen molar-refractivity contribution in [2.24, 2.45) is 5.41 Å². The van der Waals surface area contributed by atoms with Gasteiger partial charge in [-0.25, -0.2) is 13.4 Å². The van der Waals surface area contributed by atoms with Crippen molar-refractivity contribution < 1.29 is 31.2 Å². The van der Waals surface area contributed by atoms with Crippen molar-refractivity contribution in [2.45, 2.75) is 58.2 Å². The minimum atomic E-state index is -4.91. The van der Waals surface area contributed by atoms with Crippen LogP contribution in [0.1, 0.15) is 52.8 Å². The molecule has 1 N–H and O–H groups in total. The molecule has 0 amide bonds. The van der Waals surface area contributed by atoms with Crippen LogP contribution >= 0.6 is 0 Å². The fourth-order valence-electron chi connectivity index (χ4n) is 2.16. The molecule has 2 aromatic rings. The Labute approximate surface area is 184 Å². The van der Waals surface area contributed by atoms with Crippen molar-refractivity contribution in [3.8, 4) is 17.8 Å². The van der Waals surface area contributed by atoms with Crippen LogP contribution in [0.5, 0.6) is 5.88 Å². The molecule has 0 aliphatic rings. The predicted octanol–water partition coefficient (Wildman–Crippen LogP) is 3.59. The van der Waals surface area contributed by atoms with Crippen LogP contribution in [0.3, 0.4) is 0 Å². The Balaban J connectivity index is 2.50. The molecule has 32 heavy (non-hydrogen) atoms. The first-order valence-corrected chi connectivity index (χ1v) is 10.8. The molecule has 9 nitrogen and oxygen atoms in total. The number of hydrogen-bond donors (Lipinski definition) is 1. The van der Waals surface area contributed by atoms with Gasteiger partial charge in [0, 0.05) is 6.20 Å². The van der Waals surface area contributed by atoms with Crippen LogP contribution in [0.25, 0.3) is 5.82 Å². The van der Waals surface area contributed by atoms with Crippen molar-refractivity contribution in [3.63, 3.8) is 0 Å². The highest BCUT2D eigenvalue weighted by Gasteiger charge is 2.41. The second kappa shape index (κ2) is 8.68. The van der Waals surface area contributed by atoms with Gasteiger partial charge in [-0.3, -0.25) is 4.84 Å². The molecular formula is C19H24F3N5O4S. The van der Waals surface area contributed by atoms with Gasteiger partial charge in [0.25, 0.3) is 10.0 Å². The molecule has 2 aromatic heterocycles. The Hall–Kier alpha value is -2.69. The second-order valence-electron chi connectivity index (χ2n) is 9.05. The highest BCUT2D eigenvalue weighted by Crippen LogP contribution is 2.36. The van der Waals surface area contributed by atoms with Crippen molar-refractivity contribution in [1.82, 2.24) is 19.6 Å². The van der Waals surface area contributed by atoms with Crippen LogP contribution < -0.4 is 9.62 Å². The highest BCUT2D eigenvalue weighted by atomic mass is 32.2. The first kappa shape index (κ1) is 25.6. The third-order valence-electron chi connectivity index (χ3n) is 3.57. The summed E-state index contributed by atoms with van der Waals surface area (Å²) in [6.07, 6.45) is -3.98. The molecule has 2 rings (SSSR count). The summed E-state index contributed by atoms with van der Waals surface area (Å²) in [7, 11) is -4.09. The van der Waals surface area contributed by atoms with Gasteiger partial charge >= 0.3 is 6.18 Å². The first-order chi connectivity index (χ1) is 14.4. The summed E-state index contributed by atoms with van der Waals surface area (Å²) in [5.41, 5.74) is -3.44. The maximum absolute atomic E-state index is 13.4. The molecule has 0 saturated carbocycles. The molecule has 2 heterocycles. The van der Waals surface area contributed by atoms with E-state index in [1.165, 1.54) is 6.07 Å². The largest absolute Gasteiger partial charge is 0.476 e. The fourth-order valence-corrected chi connectivity index (χ4v) is 3.05. The Morgan fingerprint density at radius 2 is 1.78 bits per heavy atom. The zero-order valence-corrected chi connectivity index (χ0v) is 19.2. The Morgan fingerprint density at radius 3 is 2.22 bits per heavy atom. The van der Waals surface area contributed by atoms with E-state index < -0.39 is 44.4 Å². The number of nitrogens with zero attached hydrogens (tertiary/aromatic N) is 4. The van der Waals surface area contributed by atoms with Crippen molar-refractivity contribution >= 4 is 10.0 Å². The maximum atomic E-state index is 13.4. The molecule has 0 atom stereocenters. The van der Waals surface area contributed by atoms with Gasteiger partial charge in [0.05, 0.1) is 12.2 Å². The number of nitrogens with one attached hydrogen (secondary N) is 1. The first-order valence-electron chi connectivity index (χ1n) is 9.34. The lowest BCUT2D eigenvalue weighted by atomic mass is 9.99. The Bertz CT molecular complexity index is 1110. The number of pyridine rings is 1. The third-order valence-corrected chi connectivity index (χ3v) is 4.74. The standard InChI is InChI=1S/C19H24F3N5O4S/c1-17(2,3)11-30-16-13(9-23)15(19(20,21)22)25-27(16)14-8-7-12(10-24-14)32(28,29)26-31-18(4,5)6/h7-8,10,26H,11H2,1-6H3. The molecule has 0 spiro atoms. The molecule has 0 aliphatic carbocycles. The number of alkyl halides is 3. The summed E-state index contributed by atoms with van der Waals surface area (Å²) in [6.45, 7) is 10.3. The topological polar surface area (TPSA) is 119 Å². The average Bonchev–Trinajstić information content (AvgIpc) is 3.03. The van der Waals surface area contributed by atoms with E-state index in [0.717, 1.165) is 23.0 Å². The SMILES string of the molecule is CC(C)(C)COc1c(C#N)c(C(F)(F)F)nn1-c1ccc(S(=O)(=O)NOC(C)(C)C)cn1. The molecule has 0 bridgehead atoms. The van der Waals surface area contributed by atoms with Crippen molar-refractivity contribution in [2.75, 3.05) is 6.61 Å². The lowest BCUT2D eigenvalue weighted by Crippen LogP contribution is -2.33. The van der Waals surface area contributed by atoms with E-state index in [2.05, 4.69) is 10.1 Å². The van der Waals surface area contributed by atoms with Gasteiger partial charge in [-0.05, 0) is 38.3 Å². The molecule has 0 unspecified atom stereocenters. The second-order valence-corrected chi connectivity index (χ2v) is 10.7. The van der Waals surface area contributed by atoms with E-state index in [0.29, 0.717) is 0 Å². The van der Waals surface area contributed by atoms with Gasteiger partial charge < -0.3 is 4.74 Å². The van der Waals surface area contributed by atoms with E-state index in [1.54, 1.807) is 41.5 Å². The molecular weight excluding hydrogens is 451 g/mol. The van der Waals surface area contributed by atoms with E-state index >= 15 is 0 Å². The maximum Gasteiger partial charge on any atom is 0.436 e. The van der Waals surface area contributed by atoms with Crippen LogP contribution in [0, 0.1) is 16.7 Å². The summed E-state index contributed by atoms with van der Waals surface area (Å²) in [5, 5.41) is 12.8. The summed E-state index contributed by atoms with van der Waals surface area (Å²) in [6, 6.07) is 3.74. The van der Waals surface area contributed by atoms with Gasteiger partial charge in [0.2, 0.25) is 5.88 Å². The third kappa shape index (κ3) is 6.41. The average molecular weight is 475 g/mol. The van der Waals surface area contributed by atoms with Crippen LogP contribution in [0.2, 0.25) is 0 Å². The van der Waals surface area contributed by atoms with E-state index in [1.807, 2.05) is 4.89 Å². The number of sulfonamides is 1. The van der Waals surface area contributed by atoms with Gasteiger partial charge in [0.15, 0.2) is 11.5 Å². The van der Waals surface area contributed by atoms with E-state index in [9.17, 15) is 26.9 Å². The van der Waals surface area contributed by atoms with Crippen molar-refractivity contribution in [3.05, 3.63) is 29.6 Å². The molecule has 176 valence electrons. The van der Waals surface area contributed by atoms with Crippen LogP contribution in [-0.4, -0.2) is 35.4 Å². The fraction of sp³-hybridized carbons (Fsp3) is 0.526. The van der Waals surface area contributed by atoms with Gasteiger partial charge in [-0.2, -0.15) is 28.2 Å². The smallest absolute Gasteiger partial charge is 0.436 e. The monoisotopic (exact) mass is 475 g/mol. The minimum Gasteiger partial charge on any atom is -0.476 e. The lowest BCUT2D eigenvalue weighted by molar-refractivity contribution is -0.141. The quantitative estimate of drug-likeness (QED) is 0.634. The molecule has 0 radical (unpaired) electrons. The number of ether oxygens (including phenoxy) is 1. The molecule has 13 heteroatoms. The zero-order valence-electron chi connectivity index (χ0n) is 18.4. The lowest BCUT2D eigenvalue weighted by Gasteiger charge is -2.19. The molecule has 0 saturated heterocycles. The Kier molecular flexibility index (Phi) is 6.94. The zero-order chi connectivity index (χ0) is 24.5. The molecule has 0 aromatic carbocycles. The summed E-state index contributed by atoms with van der Waals surface area (Å²) in [4.78, 5) is 10.6. The van der Waals surface area contributed by atoms with Crippen LogP contribution in [0.4, 0.5) is 13.2 Å². The summed E-state index contributed by atoms with van der Waals surface area (Å²) >= 11 is 0. The number of rotatable bonds is 6. The van der Waals surface area contributed by atoms with E-state index in [-0.39, 0.29) is 17.3 Å². The molecule has 0 aliphatic heterocycles. The number of aromatic nitrogens is 3.